The van der Waals surface area contributed by atoms with Gasteiger partial charge in [-0.15, -0.1) is 11.3 Å². The van der Waals surface area contributed by atoms with E-state index in [2.05, 4.69) is 59.7 Å². The number of hydrogen-bond donors (Lipinski definition) is 1. The summed E-state index contributed by atoms with van der Waals surface area (Å²) < 4.78 is 5.97. The zero-order valence-electron chi connectivity index (χ0n) is 17.8. The molecule has 0 radical (unpaired) electrons. The molecule has 0 aliphatic heterocycles. The van der Waals surface area contributed by atoms with Crippen molar-refractivity contribution < 1.29 is 9.53 Å². The zero-order valence-corrected chi connectivity index (χ0v) is 18.6. The van der Waals surface area contributed by atoms with Gasteiger partial charge in [0, 0.05) is 17.0 Å². The highest BCUT2D eigenvalue weighted by Crippen LogP contribution is 2.48. The van der Waals surface area contributed by atoms with E-state index < -0.39 is 5.41 Å². The van der Waals surface area contributed by atoms with Crippen molar-refractivity contribution in [3.8, 4) is 5.75 Å². The molecule has 3 aromatic carbocycles. The minimum absolute atomic E-state index is 0.00283. The fourth-order valence-electron chi connectivity index (χ4n) is 4.64. The first-order chi connectivity index (χ1) is 15.6. The Morgan fingerprint density at radius 1 is 1.06 bits per heavy atom. The molecule has 4 nitrogen and oxygen atoms in total. The average molecular weight is 441 g/mol. The van der Waals surface area contributed by atoms with Crippen molar-refractivity contribution in [1.82, 2.24) is 4.98 Å². The molecule has 4 aromatic rings. The molecule has 1 aromatic heterocycles. The van der Waals surface area contributed by atoms with Gasteiger partial charge < -0.3 is 10.1 Å². The molecule has 0 fully saturated rings. The molecule has 32 heavy (non-hydrogen) atoms. The molecule has 0 saturated heterocycles. The van der Waals surface area contributed by atoms with Crippen molar-refractivity contribution >= 4 is 22.4 Å². The lowest BCUT2D eigenvalue weighted by Gasteiger charge is -2.32. The molecule has 5 rings (SSSR count). The van der Waals surface area contributed by atoms with Gasteiger partial charge in [-0.3, -0.25) is 4.79 Å². The molecule has 1 N–H and O–H groups in total. The van der Waals surface area contributed by atoms with E-state index >= 15 is 0 Å². The highest BCUT2D eigenvalue weighted by atomic mass is 32.1. The molecule has 5 heteroatoms. The fourth-order valence-corrected chi connectivity index (χ4v) is 5.18. The van der Waals surface area contributed by atoms with Crippen molar-refractivity contribution in [2.24, 2.45) is 5.92 Å². The molecular formula is C27H24N2O2S. The third kappa shape index (κ3) is 3.80. The summed E-state index contributed by atoms with van der Waals surface area (Å²) in [5.41, 5.74) is 4.23. The van der Waals surface area contributed by atoms with Gasteiger partial charge >= 0.3 is 0 Å². The molecule has 1 aliphatic rings. The monoisotopic (exact) mass is 440 g/mol. The van der Waals surface area contributed by atoms with Crippen molar-refractivity contribution in [1.29, 1.82) is 0 Å². The van der Waals surface area contributed by atoms with Crippen LogP contribution in [0.25, 0.3) is 0 Å². The van der Waals surface area contributed by atoms with E-state index in [-0.39, 0.29) is 11.8 Å². The molecule has 160 valence electrons. The summed E-state index contributed by atoms with van der Waals surface area (Å²) in [6.45, 7) is 2.70. The van der Waals surface area contributed by atoms with Crippen LogP contribution in [0.2, 0.25) is 0 Å². The number of carbonyl (C=O) groups excluding carboxylic acids is 1. The first-order valence-corrected chi connectivity index (χ1v) is 11.6. The maximum atomic E-state index is 13.3. The van der Waals surface area contributed by atoms with Gasteiger partial charge in [-0.05, 0) is 40.8 Å². The lowest BCUT2D eigenvalue weighted by atomic mass is 9.71. The molecule has 0 saturated carbocycles. The quantitative estimate of drug-likeness (QED) is 0.410. The molecule has 2 atom stereocenters. The van der Waals surface area contributed by atoms with E-state index in [9.17, 15) is 4.79 Å². The number of nitrogens with one attached hydrogen (secondary N) is 1. The molecule has 1 amide bonds. The Labute approximate surface area is 191 Å². The topological polar surface area (TPSA) is 51.2 Å². The summed E-state index contributed by atoms with van der Waals surface area (Å²) >= 11 is 1.44. The summed E-state index contributed by atoms with van der Waals surface area (Å²) in [6, 6.07) is 26.7. The highest BCUT2D eigenvalue weighted by molar-refractivity contribution is 7.13. The normalized spacial score (nSPS) is 19.3. The van der Waals surface area contributed by atoms with Crippen molar-refractivity contribution in [3.05, 3.63) is 113 Å². The Morgan fingerprint density at radius 2 is 1.81 bits per heavy atom. The number of amides is 1. The Morgan fingerprint density at radius 3 is 2.56 bits per heavy atom. The number of rotatable bonds is 6. The van der Waals surface area contributed by atoms with E-state index in [1.54, 1.807) is 6.20 Å². The van der Waals surface area contributed by atoms with Crippen LogP contribution in [0.1, 0.15) is 29.2 Å². The van der Waals surface area contributed by atoms with E-state index in [0.717, 1.165) is 16.9 Å². The first kappa shape index (κ1) is 20.5. The number of ether oxygens (including phenoxy) is 1. The maximum Gasteiger partial charge on any atom is 0.230 e. The number of aromatic nitrogens is 1. The lowest BCUT2D eigenvalue weighted by Crippen LogP contribution is -2.38. The van der Waals surface area contributed by atoms with Gasteiger partial charge in [0.15, 0.2) is 5.13 Å². The van der Waals surface area contributed by atoms with Crippen molar-refractivity contribution in [2.75, 3.05) is 5.32 Å². The number of anilines is 1. The third-order valence-electron chi connectivity index (χ3n) is 6.38. The number of benzene rings is 3. The molecule has 1 heterocycles. The van der Waals surface area contributed by atoms with Crippen LogP contribution in [0.5, 0.6) is 5.75 Å². The second kappa shape index (κ2) is 8.60. The van der Waals surface area contributed by atoms with Crippen LogP contribution >= 0.6 is 11.3 Å². The van der Waals surface area contributed by atoms with Gasteiger partial charge in [0.2, 0.25) is 5.91 Å². The van der Waals surface area contributed by atoms with Gasteiger partial charge in [-0.2, -0.15) is 0 Å². The number of nitrogens with zero attached hydrogens (tertiary/aromatic N) is 1. The van der Waals surface area contributed by atoms with Crippen LogP contribution in [0.4, 0.5) is 5.13 Å². The lowest BCUT2D eigenvalue weighted by molar-refractivity contribution is -0.121. The predicted octanol–water partition coefficient (Wildman–Crippen LogP) is 5.84. The molecule has 0 bridgehead atoms. The fraction of sp³-hybridized carbons (Fsp3) is 0.185. The largest absolute Gasteiger partial charge is 0.489 e. The van der Waals surface area contributed by atoms with Gasteiger partial charge in [-0.1, -0.05) is 73.7 Å². The van der Waals surface area contributed by atoms with Gasteiger partial charge in [0.05, 0.1) is 5.92 Å². The van der Waals surface area contributed by atoms with Gasteiger partial charge in [0.1, 0.15) is 12.4 Å². The second-order valence-corrected chi connectivity index (χ2v) is 9.14. The van der Waals surface area contributed by atoms with Crippen LogP contribution in [-0.4, -0.2) is 10.9 Å². The van der Waals surface area contributed by atoms with Crippen molar-refractivity contribution in [2.45, 2.75) is 25.4 Å². The highest BCUT2D eigenvalue weighted by Gasteiger charge is 2.48. The smallest absolute Gasteiger partial charge is 0.230 e. The number of carbonyl (C=O) groups is 1. The Balaban J connectivity index is 1.42. The minimum atomic E-state index is -0.435. The van der Waals surface area contributed by atoms with Gasteiger partial charge in [-0.25, -0.2) is 4.98 Å². The molecular weight excluding hydrogens is 416 g/mol. The molecule has 1 aliphatic carbocycles. The summed E-state index contributed by atoms with van der Waals surface area (Å²) in [5, 5.41) is 5.52. The summed E-state index contributed by atoms with van der Waals surface area (Å²) in [7, 11) is 0. The van der Waals surface area contributed by atoms with Crippen LogP contribution in [0, 0.1) is 5.92 Å². The number of hydrogen-bond acceptors (Lipinski definition) is 4. The zero-order chi connectivity index (χ0) is 22.0. The SMILES string of the molecule is CC1(c2ccc(OCc3ccccc3)cc2)c2ccccc2CC1C(=O)Nc1nccs1. The molecule has 0 spiro atoms. The number of fused-ring (bicyclic) bond motifs is 1. The van der Waals surface area contributed by atoms with Crippen LogP contribution < -0.4 is 10.1 Å². The van der Waals surface area contributed by atoms with Gasteiger partial charge in [0.25, 0.3) is 0 Å². The van der Waals surface area contributed by atoms with E-state index in [0.29, 0.717) is 18.2 Å². The summed E-state index contributed by atoms with van der Waals surface area (Å²) in [6.07, 6.45) is 2.41. The van der Waals surface area contributed by atoms with E-state index in [4.69, 9.17) is 4.74 Å². The average Bonchev–Trinajstić information content (AvgIpc) is 3.45. The Bertz CT molecular complexity index is 1210. The van der Waals surface area contributed by atoms with Crippen LogP contribution in [0.3, 0.4) is 0 Å². The third-order valence-corrected chi connectivity index (χ3v) is 7.07. The standard InChI is InChI=1S/C27H24N2O2S/c1-27(21-11-13-22(14-12-21)31-18-19-7-3-2-4-8-19)23-10-6-5-9-20(23)17-24(27)25(30)29-26-28-15-16-32-26/h2-16,24H,17-18H2,1H3,(H,28,29,30). The second-order valence-electron chi connectivity index (χ2n) is 8.24. The Hall–Kier alpha value is -3.44. The molecule has 2 unspecified atom stereocenters. The van der Waals surface area contributed by atoms with Crippen LogP contribution in [0.15, 0.2) is 90.4 Å². The number of thiazole rings is 1. The minimum Gasteiger partial charge on any atom is -0.489 e. The Kier molecular flexibility index (Phi) is 5.50. The van der Waals surface area contributed by atoms with E-state index in [1.807, 2.05) is 41.8 Å². The summed E-state index contributed by atoms with van der Waals surface area (Å²) in [4.78, 5) is 17.6. The van der Waals surface area contributed by atoms with Crippen LogP contribution in [-0.2, 0) is 23.2 Å². The summed E-state index contributed by atoms with van der Waals surface area (Å²) in [5.74, 6) is 0.596. The van der Waals surface area contributed by atoms with E-state index in [1.165, 1.54) is 22.5 Å². The maximum absolute atomic E-state index is 13.3. The van der Waals surface area contributed by atoms with Crippen molar-refractivity contribution in [3.63, 3.8) is 0 Å². The predicted molar refractivity (Wildman–Crippen MR) is 128 cm³/mol. The first-order valence-electron chi connectivity index (χ1n) is 10.7.